The normalized spacial score (nSPS) is 36.9. The number of rotatable bonds is 4. The van der Waals surface area contributed by atoms with Crippen molar-refractivity contribution in [1.82, 2.24) is 0 Å². The van der Waals surface area contributed by atoms with Gasteiger partial charge in [-0.1, -0.05) is 24.3 Å². The highest BCUT2D eigenvalue weighted by Gasteiger charge is 2.59. The van der Waals surface area contributed by atoms with Crippen molar-refractivity contribution in [3.63, 3.8) is 0 Å². The van der Waals surface area contributed by atoms with E-state index in [0.717, 1.165) is 12.5 Å². The van der Waals surface area contributed by atoms with Crippen molar-refractivity contribution in [3.8, 4) is 0 Å². The van der Waals surface area contributed by atoms with Gasteiger partial charge >= 0.3 is 0 Å². The third kappa shape index (κ3) is 3.25. The molecule has 2 bridgehead atoms. The zero-order valence-corrected chi connectivity index (χ0v) is 16.3. The minimum absolute atomic E-state index is 0.0693. The molecule has 6 nitrogen and oxygen atoms in total. The van der Waals surface area contributed by atoms with E-state index >= 15 is 0 Å². The molecule has 0 spiro atoms. The van der Waals surface area contributed by atoms with E-state index < -0.39 is 32.4 Å². The minimum Gasteiger partial charge on any atom is -0.267 e. The molecule has 1 aromatic carbocycles. The highest BCUT2D eigenvalue weighted by atomic mass is 32.2. The molecule has 1 saturated heterocycles. The Bertz CT molecular complexity index is 821. The molecule has 1 aromatic rings. The second-order valence-corrected chi connectivity index (χ2v) is 11.5. The van der Waals surface area contributed by atoms with E-state index in [-0.39, 0.29) is 22.3 Å². The summed E-state index contributed by atoms with van der Waals surface area (Å²) in [6.45, 7) is 0. The standard InChI is InChI=1S/C16H20O6S3/c1-24(17,18)21-11-7-8-12(22-25(2,19)20)14-13(11)15-9-5-3-4-6-10(9)16(14)23-15/h3-6,11-16H,7-8H2,1-2H3/t11-,12+,13?,14?,15-,16+. The van der Waals surface area contributed by atoms with Crippen molar-refractivity contribution in [2.45, 2.75) is 35.5 Å². The molecule has 0 aromatic heterocycles. The van der Waals surface area contributed by atoms with Crippen LogP contribution in [-0.4, -0.2) is 41.6 Å². The molecule has 4 rings (SSSR count). The van der Waals surface area contributed by atoms with Crippen LogP contribution in [0.3, 0.4) is 0 Å². The molecule has 2 unspecified atom stereocenters. The summed E-state index contributed by atoms with van der Waals surface area (Å²) in [7, 11) is -7.16. The smallest absolute Gasteiger partial charge is 0.264 e. The largest absolute Gasteiger partial charge is 0.267 e. The maximum atomic E-state index is 11.7. The van der Waals surface area contributed by atoms with Crippen LogP contribution < -0.4 is 0 Å². The zero-order chi connectivity index (χ0) is 18.0. The van der Waals surface area contributed by atoms with E-state index in [9.17, 15) is 16.8 Å². The van der Waals surface area contributed by atoms with Gasteiger partial charge in [-0.2, -0.15) is 16.8 Å². The van der Waals surface area contributed by atoms with Crippen LogP contribution in [0, 0.1) is 11.8 Å². The van der Waals surface area contributed by atoms with Gasteiger partial charge < -0.3 is 0 Å². The Morgan fingerprint density at radius 3 is 1.60 bits per heavy atom. The fraction of sp³-hybridized carbons (Fsp3) is 0.625. The van der Waals surface area contributed by atoms with Crippen LogP contribution in [-0.2, 0) is 28.6 Å². The van der Waals surface area contributed by atoms with E-state index in [4.69, 9.17) is 8.37 Å². The number of hydrogen-bond acceptors (Lipinski definition) is 7. The maximum Gasteiger partial charge on any atom is 0.264 e. The second kappa shape index (κ2) is 5.95. The highest BCUT2D eigenvalue weighted by Crippen LogP contribution is 2.70. The van der Waals surface area contributed by atoms with Gasteiger partial charge in [0, 0.05) is 22.3 Å². The molecular formula is C16H20O6S3. The number of benzene rings is 1. The summed E-state index contributed by atoms with van der Waals surface area (Å²) >= 11 is 1.78. The monoisotopic (exact) mass is 404 g/mol. The lowest BCUT2D eigenvalue weighted by Crippen LogP contribution is -2.46. The van der Waals surface area contributed by atoms with Gasteiger partial charge in [0.25, 0.3) is 20.2 Å². The van der Waals surface area contributed by atoms with Crippen molar-refractivity contribution in [2.75, 3.05) is 12.5 Å². The Hall–Kier alpha value is -0.610. The van der Waals surface area contributed by atoms with Gasteiger partial charge in [-0.25, -0.2) is 0 Å². The fourth-order valence-electron chi connectivity index (χ4n) is 4.61. The Kier molecular flexibility index (Phi) is 4.23. The van der Waals surface area contributed by atoms with E-state index in [1.807, 2.05) is 12.1 Å². The first-order valence-electron chi connectivity index (χ1n) is 8.15. The van der Waals surface area contributed by atoms with Gasteiger partial charge in [-0.15, -0.1) is 11.8 Å². The van der Waals surface area contributed by atoms with Crippen molar-refractivity contribution in [3.05, 3.63) is 35.4 Å². The quantitative estimate of drug-likeness (QED) is 0.711. The first kappa shape index (κ1) is 17.8. The van der Waals surface area contributed by atoms with E-state index in [1.54, 1.807) is 11.8 Å². The molecule has 9 heteroatoms. The lowest BCUT2D eigenvalue weighted by molar-refractivity contribution is -0.0138. The molecule has 138 valence electrons. The van der Waals surface area contributed by atoms with Crippen LogP contribution in [0.4, 0.5) is 0 Å². The summed E-state index contributed by atoms with van der Waals surface area (Å²) < 4.78 is 57.6. The van der Waals surface area contributed by atoms with E-state index in [0.29, 0.717) is 12.8 Å². The molecule has 0 N–H and O–H groups in total. The van der Waals surface area contributed by atoms with Crippen LogP contribution >= 0.6 is 11.8 Å². The van der Waals surface area contributed by atoms with Gasteiger partial charge in [0.05, 0.1) is 24.7 Å². The molecule has 2 heterocycles. The molecule has 25 heavy (non-hydrogen) atoms. The summed E-state index contributed by atoms with van der Waals surface area (Å²) in [5.74, 6) is -0.139. The third-order valence-electron chi connectivity index (χ3n) is 5.24. The Morgan fingerprint density at radius 2 is 1.24 bits per heavy atom. The van der Waals surface area contributed by atoms with Crippen LogP contribution in [0.5, 0.6) is 0 Å². The highest BCUT2D eigenvalue weighted by molar-refractivity contribution is 8.00. The summed E-state index contributed by atoms with van der Waals surface area (Å²) in [6.07, 6.45) is 2.21. The van der Waals surface area contributed by atoms with Gasteiger partial charge in [-0.3, -0.25) is 8.37 Å². The number of thioether (sulfide) groups is 1. The van der Waals surface area contributed by atoms with Crippen molar-refractivity contribution in [1.29, 1.82) is 0 Å². The Morgan fingerprint density at radius 1 is 0.840 bits per heavy atom. The number of hydrogen-bond donors (Lipinski definition) is 0. The van der Waals surface area contributed by atoms with Crippen LogP contribution in [0.1, 0.15) is 34.5 Å². The molecule has 1 aliphatic carbocycles. The van der Waals surface area contributed by atoms with Gasteiger partial charge in [0.15, 0.2) is 0 Å². The molecule has 0 radical (unpaired) electrons. The lowest BCUT2D eigenvalue weighted by atomic mass is 9.66. The predicted octanol–water partition coefficient (Wildman–Crippen LogP) is 2.25. The topological polar surface area (TPSA) is 86.7 Å². The molecule has 2 fully saturated rings. The zero-order valence-electron chi connectivity index (χ0n) is 13.9. The van der Waals surface area contributed by atoms with Crippen LogP contribution in [0.2, 0.25) is 0 Å². The molecule has 2 aliphatic heterocycles. The van der Waals surface area contributed by atoms with Crippen molar-refractivity contribution >= 4 is 32.0 Å². The average Bonchev–Trinajstić information content (AvgIpc) is 3.05. The Balaban J connectivity index is 1.73. The Labute approximate surface area is 152 Å². The first-order chi connectivity index (χ1) is 11.6. The maximum absolute atomic E-state index is 11.7. The van der Waals surface area contributed by atoms with Gasteiger partial charge in [-0.05, 0) is 24.0 Å². The molecular weight excluding hydrogens is 384 g/mol. The molecule has 6 atom stereocenters. The fourth-order valence-corrected chi connectivity index (χ4v) is 8.07. The van der Waals surface area contributed by atoms with E-state index in [1.165, 1.54) is 11.1 Å². The van der Waals surface area contributed by atoms with Crippen molar-refractivity contribution < 1.29 is 25.2 Å². The number of fused-ring (bicyclic) bond motifs is 8. The summed E-state index contributed by atoms with van der Waals surface area (Å²) in [5, 5.41) is 0.229. The molecule has 1 saturated carbocycles. The predicted molar refractivity (Wildman–Crippen MR) is 95.2 cm³/mol. The summed E-state index contributed by atoms with van der Waals surface area (Å²) in [4.78, 5) is 0. The van der Waals surface area contributed by atoms with Crippen LogP contribution in [0.15, 0.2) is 24.3 Å². The summed E-state index contributed by atoms with van der Waals surface area (Å²) in [6, 6.07) is 8.10. The molecule has 3 aliphatic rings. The van der Waals surface area contributed by atoms with Gasteiger partial charge in [0.2, 0.25) is 0 Å². The summed E-state index contributed by atoms with van der Waals surface area (Å²) in [5.41, 5.74) is 2.42. The van der Waals surface area contributed by atoms with E-state index in [2.05, 4.69) is 12.1 Å². The second-order valence-electron chi connectivity index (χ2n) is 7.02. The van der Waals surface area contributed by atoms with Crippen molar-refractivity contribution in [2.24, 2.45) is 11.8 Å². The SMILES string of the molecule is CS(=O)(=O)O[C@H]1CC[C@@H](OS(C)(=O)=O)C2C1[C@H]1S[C@@H]2c2ccccc21. The van der Waals surface area contributed by atoms with Crippen LogP contribution in [0.25, 0.3) is 0 Å². The third-order valence-corrected chi connectivity index (χ3v) is 8.15. The van der Waals surface area contributed by atoms with Gasteiger partial charge in [0.1, 0.15) is 0 Å². The lowest BCUT2D eigenvalue weighted by Gasteiger charge is -2.43. The minimum atomic E-state index is -3.58. The molecule has 0 amide bonds. The first-order valence-corrected chi connectivity index (χ1v) is 12.7. The average molecular weight is 405 g/mol.